The van der Waals surface area contributed by atoms with Crippen LogP contribution in [-0.2, 0) is 5.41 Å². The lowest BCUT2D eigenvalue weighted by atomic mass is 9.70. The first-order valence-corrected chi connectivity index (χ1v) is 18.8. The molecule has 2 heteroatoms. The molecule has 240 valence electrons. The fourth-order valence-electron chi connectivity index (χ4n) is 9.64. The molecule has 10 aromatic rings. The van der Waals surface area contributed by atoms with Gasteiger partial charge >= 0.3 is 0 Å². The molecular weight excluding hydrogens is 647 g/mol. The minimum absolute atomic E-state index is 0.348. The summed E-state index contributed by atoms with van der Waals surface area (Å²) in [4.78, 5) is 5.20. The standard InChI is InChI=1S/C50H29NS/c1-2-13-30(14-3-1)48-38-27-26-35-39-29-31(25-28-45(39)52-49(35)47(38)37-18-7-11-24-44(37)51-48)32-19-12-23-43-46(32)36-17-6-10-22-42(36)50(43)40-20-8-4-15-33(40)34-16-5-9-21-41(34)50/h1-29H. The van der Waals surface area contributed by atoms with Crippen LogP contribution in [0.1, 0.15) is 22.3 Å². The van der Waals surface area contributed by atoms with Crippen molar-refractivity contribution in [1.82, 2.24) is 4.98 Å². The number of thiophene rings is 1. The van der Waals surface area contributed by atoms with Gasteiger partial charge in [-0.05, 0) is 73.8 Å². The predicted octanol–water partition coefficient (Wildman–Crippen LogP) is 13.4. The van der Waals surface area contributed by atoms with E-state index in [0.29, 0.717) is 0 Å². The molecule has 0 saturated heterocycles. The molecule has 0 atom stereocenters. The normalized spacial score (nSPS) is 13.5. The van der Waals surface area contributed by atoms with Crippen LogP contribution in [0, 0.1) is 0 Å². The molecular formula is C50H29NS. The molecule has 0 fully saturated rings. The second kappa shape index (κ2) is 10.4. The Morgan fingerprint density at radius 3 is 1.81 bits per heavy atom. The molecule has 2 heterocycles. The fraction of sp³-hybridized carbons (Fsp3) is 0.0200. The first-order chi connectivity index (χ1) is 25.8. The Hall–Kier alpha value is -6.35. The Morgan fingerprint density at radius 2 is 1.02 bits per heavy atom. The van der Waals surface area contributed by atoms with E-state index in [-0.39, 0.29) is 5.41 Å². The third kappa shape index (κ3) is 3.55. The van der Waals surface area contributed by atoms with Gasteiger partial charge < -0.3 is 0 Å². The summed E-state index contributed by atoms with van der Waals surface area (Å²) >= 11 is 1.90. The van der Waals surface area contributed by atoms with E-state index in [0.717, 1.165) is 16.8 Å². The number of aromatic nitrogens is 1. The van der Waals surface area contributed by atoms with Gasteiger partial charge in [-0.2, -0.15) is 0 Å². The molecule has 0 aliphatic heterocycles. The monoisotopic (exact) mass is 675 g/mol. The van der Waals surface area contributed by atoms with Crippen molar-refractivity contribution < 1.29 is 0 Å². The van der Waals surface area contributed by atoms with Crippen molar-refractivity contribution in [2.75, 3.05) is 0 Å². The Kier molecular flexibility index (Phi) is 5.65. The summed E-state index contributed by atoms with van der Waals surface area (Å²) in [5.41, 5.74) is 16.2. The molecule has 0 amide bonds. The first-order valence-electron chi connectivity index (χ1n) is 18.0. The van der Waals surface area contributed by atoms with Crippen molar-refractivity contribution >= 4 is 53.2 Å². The van der Waals surface area contributed by atoms with E-state index in [9.17, 15) is 0 Å². The van der Waals surface area contributed by atoms with E-state index in [1.54, 1.807) is 0 Å². The summed E-state index contributed by atoms with van der Waals surface area (Å²) < 4.78 is 2.62. The fourth-order valence-corrected chi connectivity index (χ4v) is 10.9. The summed E-state index contributed by atoms with van der Waals surface area (Å²) in [6.07, 6.45) is 0. The van der Waals surface area contributed by atoms with Crippen LogP contribution in [0.2, 0.25) is 0 Å². The SMILES string of the molecule is c1ccc(-c2nc3ccccc3c3c2ccc2c4cc(-c5cccc6c5-c5ccccc5C65c6ccccc6-c6ccccc65)ccc4sc23)cc1. The van der Waals surface area contributed by atoms with Crippen LogP contribution in [0.3, 0.4) is 0 Å². The smallest absolute Gasteiger partial charge is 0.0788 e. The number of hydrogen-bond acceptors (Lipinski definition) is 2. The van der Waals surface area contributed by atoms with Gasteiger partial charge in [0.05, 0.1) is 16.6 Å². The van der Waals surface area contributed by atoms with Gasteiger partial charge in [0.15, 0.2) is 0 Å². The molecule has 2 aliphatic carbocycles. The van der Waals surface area contributed by atoms with Crippen molar-refractivity contribution in [3.8, 4) is 44.6 Å². The third-order valence-corrected chi connectivity index (χ3v) is 12.9. The molecule has 2 aromatic heterocycles. The third-order valence-electron chi connectivity index (χ3n) is 11.7. The van der Waals surface area contributed by atoms with Gasteiger partial charge in [-0.1, -0.05) is 158 Å². The molecule has 52 heavy (non-hydrogen) atoms. The van der Waals surface area contributed by atoms with Gasteiger partial charge in [-0.25, -0.2) is 4.98 Å². The Balaban J connectivity index is 1.13. The maximum absolute atomic E-state index is 5.20. The number of fused-ring (bicyclic) bond motifs is 17. The van der Waals surface area contributed by atoms with E-state index < -0.39 is 0 Å². The number of pyridine rings is 1. The average Bonchev–Trinajstić information content (AvgIpc) is 3.85. The van der Waals surface area contributed by atoms with E-state index in [1.165, 1.54) is 92.0 Å². The van der Waals surface area contributed by atoms with E-state index in [1.807, 2.05) is 11.3 Å². The van der Waals surface area contributed by atoms with Crippen LogP contribution >= 0.6 is 11.3 Å². The van der Waals surface area contributed by atoms with Gasteiger partial charge in [-0.15, -0.1) is 11.3 Å². The van der Waals surface area contributed by atoms with E-state index in [4.69, 9.17) is 4.98 Å². The van der Waals surface area contributed by atoms with Crippen LogP contribution in [0.15, 0.2) is 176 Å². The van der Waals surface area contributed by atoms with Crippen molar-refractivity contribution in [3.05, 3.63) is 198 Å². The molecule has 1 nitrogen and oxygen atoms in total. The molecule has 0 saturated carbocycles. The quantitative estimate of drug-likeness (QED) is 0.166. The molecule has 12 rings (SSSR count). The summed E-state index contributed by atoms with van der Waals surface area (Å²) in [6.45, 7) is 0. The zero-order valence-electron chi connectivity index (χ0n) is 28.1. The highest BCUT2D eigenvalue weighted by Crippen LogP contribution is 2.64. The molecule has 0 N–H and O–H groups in total. The Bertz CT molecular complexity index is 3090. The molecule has 2 aliphatic rings. The maximum atomic E-state index is 5.20. The summed E-state index contributed by atoms with van der Waals surface area (Å²) in [7, 11) is 0. The largest absolute Gasteiger partial charge is 0.247 e. The highest BCUT2D eigenvalue weighted by atomic mass is 32.1. The minimum atomic E-state index is -0.348. The number of nitrogens with zero attached hydrogens (tertiary/aromatic N) is 1. The molecule has 0 radical (unpaired) electrons. The minimum Gasteiger partial charge on any atom is -0.247 e. The van der Waals surface area contributed by atoms with E-state index in [2.05, 4.69) is 176 Å². The topological polar surface area (TPSA) is 12.9 Å². The Morgan fingerprint density at radius 1 is 0.404 bits per heavy atom. The lowest BCUT2D eigenvalue weighted by Crippen LogP contribution is -2.25. The molecule has 0 unspecified atom stereocenters. The van der Waals surface area contributed by atoms with Crippen LogP contribution in [0.5, 0.6) is 0 Å². The van der Waals surface area contributed by atoms with Crippen LogP contribution < -0.4 is 0 Å². The van der Waals surface area contributed by atoms with Gasteiger partial charge in [0, 0.05) is 41.9 Å². The summed E-state index contributed by atoms with van der Waals surface area (Å²) in [5, 5.41) is 6.29. The van der Waals surface area contributed by atoms with E-state index >= 15 is 0 Å². The van der Waals surface area contributed by atoms with Crippen LogP contribution in [-0.4, -0.2) is 4.98 Å². The van der Waals surface area contributed by atoms with Crippen molar-refractivity contribution in [3.63, 3.8) is 0 Å². The number of rotatable bonds is 2. The second-order valence-electron chi connectivity index (χ2n) is 14.1. The zero-order chi connectivity index (χ0) is 34.0. The van der Waals surface area contributed by atoms with Gasteiger partial charge in [0.25, 0.3) is 0 Å². The van der Waals surface area contributed by atoms with Gasteiger partial charge in [-0.3, -0.25) is 0 Å². The average molecular weight is 676 g/mol. The lowest BCUT2D eigenvalue weighted by molar-refractivity contribution is 0.794. The molecule has 1 spiro atoms. The van der Waals surface area contributed by atoms with Crippen LogP contribution in [0.25, 0.3) is 86.5 Å². The van der Waals surface area contributed by atoms with Crippen molar-refractivity contribution in [1.29, 1.82) is 0 Å². The highest BCUT2D eigenvalue weighted by molar-refractivity contribution is 7.26. The lowest BCUT2D eigenvalue weighted by Gasteiger charge is -2.30. The zero-order valence-corrected chi connectivity index (χ0v) is 28.9. The maximum Gasteiger partial charge on any atom is 0.0788 e. The van der Waals surface area contributed by atoms with Crippen molar-refractivity contribution in [2.45, 2.75) is 5.41 Å². The predicted molar refractivity (Wildman–Crippen MR) is 219 cm³/mol. The number of hydrogen-bond donors (Lipinski definition) is 0. The Labute approximate surface area is 305 Å². The molecule has 0 bridgehead atoms. The van der Waals surface area contributed by atoms with Gasteiger partial charge in [0.1, 0.15) is 0 Å². The highest BCUT2D eigenvalue weighted by Gasteiger charge is 2.51. The summed E-state index contributed by atoms with van der Waals surface area (Å²) in [6, 6.07) is 65.2. The first kappa shape index (κ1) is 28.4. The van der Waals surface area contributed by atoms with Crippen molar-refractivity contribution in [2.24, 2.45) is 0 Å². The molecule has 8 aromatic carbocycles. The number of benzene rings is 8. The summed E-state index contributed by atoms with van der Waals surface area (Å²) in [5.74, 6) is 0. The second-order valence-corrected chi connectivity index (χ2v) is 15.2. The van der Waals surface area contributed by atoms with Crippen LogP contribution in [0.4, 0.5) is 0 Å². The van der Waals surface area contributed by atoms with Gasteiger partial charge in [0.2, 0.25) is 0 Å². The number of para-hydroxylation sites is 1.